The van der Waals surface area contributed by atoms with Crippen molar-refractivity contribution >= 4 is 0 Å². The van der Waals surface area contributed by atoms with E-state index in [0.29, 0.717) is 6.54 Å². The van der Waals surface area contributed by atoms with E-state index in [9.17, 15) is 5.11 Å². The van der Waals surface area contributed by atoms with Gasteiger partial charge in [0.25, 0.3) is 0 Å². The molecule has 0 saturated carbocycles. The van der Waals surface area contributed by atoms with Gasteiger partial charge in [-0.15, -0.1) is 0 Å². The van der Waals surface area contributed by atoms with Crippen LogP contribution in [0.15, 0.2) is 0 Å². The van der Waals surface area contributed by atoms with Crippen LogP contribution >= 0.6 is 0 Å². The van der Waals surface area contributed by atoms with E-state index in [1.807, 2.05) is 0 Å². The van der Waals surface area contributed by atoms with Crippen molar-refractivity contribution in [1.82, 2.24) is 0 Å². The molecule has 98 valence electrons. The van der Waals surface area contributed by atoms with Crippen LogP contribution in [0.25, 0.3) is 0 Å². The second kappa shape index (κ2) is 9.00. The van der Waals surface area contributed by atoms with E-state index < -0.39 is 0 Å². The van der Waals surface area contributed by atoms with Crippen molar-refractivity contribution in [1.29, 1.82) is 0 Å². The van der Waals surface area contributed by atoms with Crippen molar-refractivity contribution in [2.75, 3.05) is 13.2 Å². The minimum atomic E-state index is -0.0107. The molecule has 0 bridgehead atoms. The minimum absolute atomic E-state index is 0.0107. The van der Waals surface area contributed by atoms with E-state index in [-0.39, 0.29) is 12.0 Å². The molecule has 0 aliphatic carbocycles. The molecule has 0 spiro atoms. The Hall–Kier alpha value is -0.0800. The molecule has 2 atom stereocenters. The van der Waals surface area contributed by atoms with Gasteiger partial charge in [0.05, 0.1) is 0 Å². The highest BCUT2D eigenvalue weighted by atomic mass is 16.3. The van der Waals surface area contributed by atoms with Crippen LogP contribution in [0.3, 0.4) is 0 Å². The fraction of sp³-hybridized carbons (Fsp3) is 1.00. The number of aliphatic hydroxyl groups excluding tert-OH is 1. The zero-order valence-electron chi connectivity index (χ0n) is 11.5. The molecule has 0 amide bonds. The summed E-state index contributed by atoms with van der Waals surface area (Å²) in [4.78, 5) is 0. The predicted molar refractivity (Wildman–Crippen MR) is 71.4 cm³/mol. The zero-order valence-corrected chi connectivity index (χ0v) is 11.5. The smallest absolute Gasteiger partial charge is 0.0499 e. The summed E-state index contributed by atoms with van der Waals surface area (Å²) >= 11 is 0. The van der Waals surface area contributed by atoms with Crippen LogP contribution in [0.1, 0.15) is 65.7 Å². The van der Waals surface area contributed by atoms with Gasteiger partial charge in [0, 0.05) is 18.6 Å². The highest BCUT2D eigenvalue weighted by Crippen LogP contribution is 2.33. The number of aliphatic hydroxyl groups is 1. The van der Waals surface area contributed by atoms with Crippen molar-refractivity contribution in [2.24, 2.45) is 17.1 Å². The Kier molecular flexibility index (Phi) is 8.96. The van der Waals surface area contributed by atoms with Gasteiger partial charge in [-0.2, -0.15) is 0 Å². The van der Waals surface area contributed by atoms with Crippen LogP contribution in [-0.2, 0) is 0 Å². The van der Waals surface area contributed by atoms with Gasteiger partial charge in [0.1, 0.15) is 0 Å². The van der Waals surface area contributed by atoms with Crippen LogP contribution < -0.4 is 5.73 Å². The summed E-state index contributed by atoms with van der Waals surface area (Å²) in [5, 5.41) is 9.60. The van der Waals surface area contributed by atoms with Gasteiger partial charge in [-0.3, -0.25) is 0 Å². The highest BCUT2D eigenvalue weighted by Gasteiger charge is 2.29. The lowest BCUT2D eigenvalue weighted by Crippen LogP contribution is -2.36. The Labute approximate surface area is 102 Å². The van der Waals surface area contributed by atoms with E-state index in [1.165, 1.54) is 25.7 Å². The third-order valence-electron chi connectivity index (χ3n) is 3.81. The zero-order chi connectivity index (χ0) is 12.4. The summed E-state index contributed by atoms with van der Waals surface area (Å²) < 4.78 is 0. The Morgan fingerprint density at radius 3 is 2.25 bits per heavy atom. The molecule has 3 N–H and O–H groups in total. The minimum Gasteiger partial charge on any atom is -0.396 e. The molecule has 0 saturated heterocycles. The topological polar surface area (TPSA) is 46.2 Å². The van der Waals surface area contributed by atoms with Crippen LogP contribution in [-0.4, -0.2) is 18.3 Å². The van der Waals surface area contributed by atoms with E-state index in [0.717, 1.165) is 25.2 Å². The maximum atomic E-state index is 9.60. The molecule has 2 heteroatoms. The summed E-state index contributed by atoms with van der Waals surface area (Å²) in [5.74, 6) is 0.738. The van der Waals surface area contributed by atoms with Gasteiger partial charge in [-0.1, -0.05) is 52.9 Å². The largest absolute Gasteiger partial charge is 0.396 e. The van der Waals surface area contributed by atoms with Crippen molar-refractivity contribution in [3.8, 4) is 0 Å². The predicted octanol–water partition coefficient (Wildman–Crippen LogP) is 3.33. The monoisotopic (exact) mass is 229 g/mol. The summed E-state index contributed by atoms with van der Waals surface area (Å²) in [5.41, 5.74) is 5.87. The number of hydrogen-bond donors (Lipinski definition) is 2. The third-order valence-corrected chi connectivity index (χ3v) is 3.81. The first-order chi connectivity index (χ1) is 7.67. The fourth-order valence-electron chi connectivity index (χ4n) is 2.58. The van der Waals surface area contributed by atoms with E-state index in [2.05, 4.69) is 20.8 Å². The quantitative estimate of drug-likeness (QED) is 0.603. The first-order valence-corrected chi connectivity index (χ1v) is 6.98. The molecule has 0 aromatic heterocycles. The molecule has 0 heterocycles. The molecule has 0 aromatic carbocycles. The molecular formula is C14H31NO. The molecular weight excluding hydrogens is 198 g/mol. The molecule has 2 nitrogen and oxygen atoms in total. The molecule has 16 heavy (non-hydrogen) atoms. The summed E-state index contributed by atoms with van der Waals surface area (Å²) in [7, 11) is 0. The number of hydrogen-bond acceptors (Lipinski definition) is 2. The maximum absolute atomic E-state index is 9.60. The third kappa shape index (κ3) is 5.31. The van der Waals surface area contributed by atoms with Crippen LogP contribution in [0.5, 0.6) is 0 Å². The molecule has 0 radical (unpaired) electrons. The fourth-order valence-corrected chi connectivity index (χ4v) is 2.58. The Balaban J connectivity index is 4.32. The Bertz CT molecular complexity index is 155. The van der Waals surface area contributed by atoms with Gasteiger partial charge in [0.2, 0.25) is 0 Å². The average Bonchev–Trinajstić information content (AvgIpc) is 2.33. The molecule has 2 unspecified atom stereocenters. The molecule has 0 rings (SSSR count). The average molecular weight is 229 g/mol. The SMILES string of the molecule is CCCCC(CC)CC(CN)(CO)CCC. The van der Waals surface area contributed by atoms with Crippen molar-refractivity contribution in [2.45, 2.75) is 65.7 Å². The van der Waals surface area contributed by atoms with Gasteiger partial charge in [0.15, 0.2) is 0 Å². The number of nitrogens with two attached hydrogens (primary N) is 1. The van der Waals surface area contributed by atoms with E-state index in [4.69, 9.17) is 5.73 Å². The second-order valence-corrected chi connectivity index (χ2v) is 5.23. The van der Waals surface area contributed by atoms with Gasteiger partial charge in [-0.05, 0) is 18.8 Å². The standard InChI is InChI=1S/C14H31NO/c1-4-7-8-13(6-3)10-14(11-15,12-16)9-5-2/h13,16H,4-12,15H2,1-3H3. The normalized spacial score (nSPS) is 17.1. The van der Waals surface area contributed by atoms with E-state index >= 15 is 0 Å². The van der Waals surface area contributed by atoms with Crippen LogP contribution in [0.4, 0.5) is 0 Å². The van der Waals surface area contributed by atoms with Crippen molar-refractivity contribution < 1.29 is 5.11 Å². The van der Waals surface area contributed by atoms with Gasteiger partial charge in [-0.25, -0.2) is 0 Å². The maximum Gasteiger partial charge on any atom is 0.0499 e. The first kappa shape index (κ1) is 15.9. The van der Waals surface area contributed by atoms with Crippen LogP contribution in [0, 0.1) is 11.3 Å². The first-order valence-electron chi connectivity index (χ1n) is 6.98. The van der Waals surface area contributed by atoms with Crippen molar-refractivity contribution in [3.63, 3.8) is 0 Å². The second-order valence-electron chi connectivity index (χ2n) is 5.23. The lowest BCUT2D eigenvalue weighted by atomic mass is 9.74. The molecule has 0 fully saturated rings. The summed E-state index contributed by atoms with van der Waals surface area (Å²) in [6.07, 6.45) is 8.34. The molecule has 0 aliphatic rings. The molecule has 0 aromatic rings. The lowest BCUT2D eigenvalue weighted by molar-refractivity contribution is 0.0889. The van der Waals surface area contributed by atoms with Crippen LogP contribution in [0.2, 0.25) is 0 Å². The van der Waals surface area contributed by atoms with Gasteiger partial charge < -0.3 is 10.8 Å². The lowest BCUT2D eigenvalue weighted by Gasteiger charge is -2.34. The Morgan fingerprint density at radius 1 is 1.19 bits per heavy atom. The van der Waals surface area contributed by atoms with Crippen molar-refractivity contribution in [3.05, 3.63) is 0 Å². The summed E-state index contributed by atoms with van der Waals surface area (Å²) in [6.45, 7) is 7.54. The Morgan fingerprint density at radius 2 is 1.88 bits per heavy atom. The number of unbranched alkanes of at least 4 members (excludes halogenated alkanes) is 1. The highest BCUT2D eigenvalue weighted by molar-refractivity contribution is 4.82. The summed E-state index contributed by atoms with van der Waals surface area (Å²) in [6, 6.07) is 0. The van der Waals surface area contributed by atoms with Gasteiger partial charge >= 0.3 is 0 Å². The number of rotatable bonds is 10. The molecule has 0 aliphatic heterocycles. The van der Waals surface area contributed by atoms with E-state index in [1.54, 1.807) is 0 Å².